The smallest absolute Gasteiger partial charge is 0.306 e. The van der Waals surface area contributed by atoms with Crippen molar-refractivity contribution in [3.63, 3.8) is 0 Å². The monoisotopic (exact) mass is 919 g/mol. The predicted octanol–water partition coefficient (Wildman–Crippen LogP) is 19.4. The van der Waals surface area contributed by atoms with Gasteiger partial charge in [0.05, 0.1) is 0 Å². The molecule has 0 N–H and O–H groups in total. The number of hydrogen-bond acceptors (Lipinski definition) is 6. The SMILES string of the molecule is CCCCCCCCCCCCCCCCCCC(=O)O[C@@H](COC(=O)CCCCCCCCCCCCCCCC)COC(=O)CCCCCCCCCCCCCCCCC(C)C. The zero-order valence-electron chi connectivity index (χ0n) is 44.5. The van der Waals surface area contributed by atoms with E-state index in [0.717, 1.165) is 63.7 Å². The van der Waals surface area contributed by atoms with Gasteiger partial charge in [0.1, 0.15) is 13.2 Å². The van der Waals surface area contributed by atoms with E-state index in [1.165, 1.54) is 231 Å². The van der Waals surface area contributed by atoms with Gasteiger partial charge in [0, 0.05) is 19.3 Å². The van der Waals surface area contributed by atoms with Gasteiger partial charge in [-0.15, -0.1) is 0 Å². The van der Waals surface area contributed by atoms with Gasteiger partial charge in [-0.1, -0.05) is 297 Å². The standard InChI is InChI=1S/C59H114O6/c1-5-7-9-11-13-15-17-19-21-22-28-32-36-40-44-48-52-59(62)65-56(53-63-57(60)50-46-42-38-34-30-26-20-18-16-14-12-10-8-6-2)54-64-58(61)51-47-43-39-35-31-27-24-23-25-29-33-37-41-45-49-55(3)4/h55-56H,5-54H2,1-4H3/t56-/m0/s1. The Morgan fingerprint density at radius 1 is 0.292 bits per heavy atom. The fourth-order valence-corrected chi connectivity index (χ4v) is 9.10. The molecule has 0 aromatic heterocycles. The molecule has 0 aliphatic rings. The first-order chi connectivity index (χ1) is 31.9. The molecule has 0 amide bonds. The number of unbranched alkanes of at least 4 members (excludes halogenated alkanes) is 41. The first-order valence-electron chi connectivity index (χ1n) is 29.4. The van der Waals surface area contributed by atoms with Crippen LogP contribution in [0.15, 0.2) is 0 Å². The van der Waals surface area contributed by atoms with Gasteiger partial charge in [-0.2, -0.15) is 0 Å². The Kier molecular flexibility index (Phi) is 52.1. The molecule has 0 aromatic rings. The highest BCUT2D eigenvalue weighted by Gasteiger charge is 2.19. The number of hydrogen-bond donors (Lipinski definition) is 0. The molecule has 65 heavy (non-hydrogen) atoms. The molecule has 386 valence electrons. The predicted molar refractivity (Wildman–Crippen MR) is 280 cm³/mol. The first kappa shape index (κ1) is 63.4. The fraction of sp³-hybridized carbons (Fsp3) is 0.949. The third-order valence-corrected chi connectivity index (χ3v) is 13.5. The highest BCUT2D eigenvalue weighted by molar-refractivity contribution is 5.71. The van der Waals surface area contributed by atoms with Crippen molar-refractivity contribution in [1.82, 2.24) is 0 Å². The van der Waals surface area contributed by atoms with Gasteiger partial charge in [-0.3, -0.25) is 14.4 Å². The van der Waals surface area contributed by atoms with Gasteiger partial charge in [0.2, 0.25) is 0 Å². The molecule has 0 aromatic carbocycles. The largest absolute Gasteiger partial charge is 0.462 e. The van der Waals surface area contributed by atoms with E-state index in [4.69, 9.17) is 14.2 Å². The minimum atomic E-state index is -0.762. The third kappa shape index (κ3) is 53.2. The lowest BCUT2D eigenvalue weighted by atomic mass is 10.0. The van der Waals surface area contributed by atoms with Crippen LogP contribution in [0.3, 0.4) is 0 Å². The zero-order valence-corrected chi connectivity index (χ0v) is 44.5. The molecular weight excluding hydrogens is 805 g/mol. The van der Waals surface area contributed by atoms with Crippen LogP contribution in [-0.4, -0.2) is 37.2 Å². The van der Waals surface area contributed by atoms with E-state index >= 15 is 0 Å². The Morgan fingerprint density at radius 3 is 0.754 bits per heavy atom. The van der Waals surface area contributed by atoms with E-state index in [2.05, 4.69) is 27.7 Å². The van der Waals surface area contributed by atoms with E-state index in [1.807, 2.05) is 0 Å². The summed E-state index contributed by atoms with van der Waals surface area (Å²) in [7, 11) is 0. The number of carbonyl (C=O) groups is 3. The van der Waals surface area contributed by atoms with Crippen LogP contribution in [0.5, 0.6) is 0 Å². The van der Waals surface area contributed by atoms with Crippen molar-refractivity contribution in [3.8, 4) is 0 Å². The summed E-state index contributed by atoms with van der Waals surface area (Å²) in [5, 5.41) is 0. The van der Waals surface area contributed by atoms with E-state index < -0.39 is 6.10 Å². The summed E-state index contributed by atoms with van der Waals surface area (Å²) in [5.41, 5.74) is 0. The molecule has 0 unspecified atom stereocenters. The van der Waals surface area contributed by atoms with Crippen molar-refractivity contribution in [2.24, 2.45) is 5.92 Å². The Morgan fingerprint density at radius 2 is 0.508 bits per heavy atom. The van der Waals surface area contributed by atoms with Crippen LogP contribution in [0.2, 0.25) is 0 Å². The molecule has 6 heteroatoms. The lowest BCUT2D eigenvalue weighted by Gasteiger charge is -2.18. The number of esters is 3. The van der Waals surface area contributed by atoms with Crippen molar-refractivity contribution in [2.45, 2.75) is 342 Å². The summed E-state index contributed by atoms with van der Waals surface area (Å²) in [6.45, 7) is 9.07. The lowest BCUT2D eigenvalue weighted by Crippen LogP contribution is -2.30. The summed E-state index contributed by atoms with van der Waals surface area (Å²) in [6.07, 6.45) is 58.0. The van der Waals surface area contributed by atoms with Gasteiger partial charge in [0.15, 0.2) is 6.10 Å². The Bertz CT molecular complexity index is 980. The Balaban J connectivity index is 4.29. The summed E-state index contributed by atoms with van der Waals surface area (Å²) in [4.78, 5) is 38.2. The van der Waals surface area contributed by atoms with Crippen molar-refractivity contribution >= 4 is 17.9 Å². The van der Waals surface area contributed by atoms with Crippen LogP contribution in [-0.2, 0) is 28.6 Å². The molecular formula is C59H114O6. The van der Waals surface area contributed by atoms with E-state index in [-0.39, 0.29) is 31.1 Å². The molecule has 0 saturated carbocycles. The maximum atomic E-state index is 12.9. The molecule has 0 spiro atoms. The molecule has 0 rings (SSSR count). The normalized spacial score (nSPS) is 12.0. The summed E-state index contributed by atoms with van der Waals surface area (Å²) in [6, 6.07) is 0. The van der Waals surface area contributed by atoms with Gasteiger partial charge in [-0.05, 0) is 25.2 Å². The van der Waals surface area contributed by atoms with E-state index in [0.29, 0.717) is 19.3 Å². The van der Waals surface area contributed by atoms with Gasteiger partial charge < -0.3 is 14.2 Å². The summed E-state index contributed by atoms with van der Waals surface area (Å²) in [5.74, 6) is 0.0115. The number of ether oxygens (including phenoxy) is 3. The fourth-order valence-electron chi connectivity index (χ4n) is 9.10. The molecule has 0 aliphatic carbocycles. The maximum absolute atomic E-state index is 12.9. The van der Waals surface area contributed by atoms with Crippen molar-refractivity contribution < 1.29 is 28.6 Å². The average Bonchev–Trinajstić information content (AvgIpc) is 3.29. The molecule has 0 bridgehead atoms. The zero-order chi connectivity index (χ0) is 47.4. The third-order valence-electron chi connectivity index (χ3n) is 13.5. The van der Waals surface area contributed by atoms with Gasteiger partial charge >= 0.3 is 17.9 Å². The highest BCUT2D eigenvalue weighted by Crippen LogP contribution is 2.18. The maximum Gasteiger partial charge on any atom is 0.306 e. The Hall–Kier alpha value is -1.59. The second-order valence-electron chi connectivity index (χ2n) is 20.8. The summed E-state index contributed by atoms with van der Waals surface area (Å²) >= 11 is 0. The lowest BCUT2D eigenvalue weighted by molar-refractivity contribution is -0.167. The molecule has 0 fully saturated rings. The van der Waals surface area contributed by atoms with E-state index in [9.17, 15) is 14.4 Å². The van der Waals surface area contributed by atoms with Crippen molar-refractivity contribution in [2.75, 3.05) is 13.2 Å². The molecule has 0 saturated heterocycles. The second kappa shape index (κ2) is 53.4. The van der Waals surface area contributed by atoms with Crippen molar-refractivity contribution in [1.29, 1.82) is 0 Å². The van der Waals surface area contributed by atoms with Gasteiger partial charge in [0.25, 0.3) is 0 Å². The average molecular weight is 920 g/mol. The van der Waals surface area contributed by atoms with Crippen LogP contribution >= 0.6 is 0 Å². The molecule has 0 heterocycles. The number of rotatable bonds is 54. The first-order valence-corrected chi connectivity index (χ1v) is 29.4. The van der Waals surface area contributed by atoms with Crippen LogP contribution in [0.4, 0.5) is 0 Å². The minimum Gasteiger partial charge on any atom is -0.462 e. The minimum absolute atomic E-state index is 0.0616. The van der Waals surface area contributed by atoms with Crippen LogP contribution in [0.1, 0.15) is 336 Å². The summed E-state index contributed by atoms with van der Waals surface area (Å²) < 4.78 is 16.9. The second-order valence-corrected chi connectivity index (χ2v) is 20.8. The van der Waals surface area contributed by atoms with E-state index in [1.54, 1.807) is 0 Å². The molecule has 6 nitrogen and oxygen atoms in total. The van der Waals surface area contributed by atoms with Crippen LogP contribution in [0, 0.1) is 5.92 Å². The Labute approximate surface area is 406 Å². The molecule has 0 radical (unpaired) electrons. The molecule has 1 atom stereocenters. The molecule has 0 aliphatic heterocycles. The van der Waals surface area contributed by atoms with Crippen LogP contribution in [0.25, 0.3) is 0 Å². The van der Waals surface area contributed by atoms with Crippen molar-refractivity contribution in [3.05, 3.63) is 0 Å². The van der Waals surface area contributed by atoms with Crippen LogP contribution < -0.4 is 0 Å². The number of carbonyl (C=O) groups excluding carboxylic acids is 3. The quantitative estimate of drug-likeness (QED) is 0.0344. The highest BCUT2D eigenvalue weighted by atomic mass is 16.6. The topological polar surface area (TPSA) is 78.9 Å². The van der Waals surface area contributed by atoms with Gasteiger partial charge in [-0.25, -0.2) is 0 Å².